The Morgan fingerprint density at radius 3 is 2.75 bits per heavy atom. The Bertz CT molecular complexity index is 498. The zero-order valence-electron chi connectivity index (χ0n) is 10.2. The van der Waals surface area contributed by atoms with E-state index >= 15 is 0 Å². The Morgan fingerprint density at radius 1 is 1.38 bits per heavy atom. The van der Waals surface area contributed by atoms with E-state index < -0.39 is 0 Å². The maximum atomic E-state index is 4.37. The summed E-state index contributed by atoms with van der Waals surface area (Å²) in [4.78, 5) is 4.37. The van der Waals surface area contributed by atoms with Gasteiger partial charge in [-0.2, -0.15) is 0 Å². The molecule has 0 radical (unpaired) electrons. The number of hydrogen-bond acceptors (Lipinski definition) is 4. The van der Waals surface area contributed by atoms with Crippen molar-refractivity contribution >= 4 is 5.78 Å². The first-order chi connectivity index (χ1) is 7.67. The largest absolute Gasteiger partial charge is 0.310 e. The number of aryl methyl sites for hydroxylation is 2. The molecule has 0 saturated heterocycles. The van der Waals surface area contributed by atoms with E-state index in [2.05, 4.69) is 34.3 Å². The van der Waals surface area contributed by atoms with Gasteiger partial charge in [-0.15, -0.1) is 10.2 Å². The highest BCUT2D eigenvalue weighted by atomic mass is 15.3. The van der Waals surface area contributed by atoms with Gasteiger partial charge in [0.05, 0.1) is 6.04 Å². The molecule has 1 N–H and O–H groups in total. The van der Waals surface area contributed by atoms with Crippen LogP contribution in [0, 0.1) is 13.8 Å². The lowest BCUT2D eigenvalue weighted by Gasteiger charge is -2.12. The first kappa shape index (κ1) is 11.0. The van der Waals surface area contributed by atoms with Gasteiger partial charge in [0.25, 0.3) is 5.78 Å². The number of nitrogens with one attached hydrogen (secondary N) is 1. The van der Waals surface area contributed by atoms with Crippen LogP contribution in [-0.4, -0.2) is 26.6 Å². The fraction of sp³-hybridized carbons (Fsp3) is 0.545. The number of rotatable bonds is 3. The molecule has 86 valence electrons. The Kier molecular flexibility index (Phi) is 2.87. The fourth-order valence-corrected chi connectivity index (χ4v) is 2.00. The molecule has 0 aliphatic carbocycles. The zero-order valence-corrected chi connectivity index (χ0v) is 10.2. The standard InChI is InChI=1S/C11H17N5/c1-5-9(12-4)10-14-15-11-13-7(2)6-8(3)16(10)11/h6,9,12H,5H2,1-4H3. The van der Waals surface area contributed by atoms with Gasteiger partial charge in [0.15, 0.2) is 5.82 Å². The van der Waals surface area contributed by atoms with Gasteiger partial charge in [-0.25, -0.2) is 4.98 Å². The highest BCUT2D eigenvalue weighted by Gasteiger charge is 2.16. The Balaban J connectivity index is 2.64. The summed E-state index contributed by atoms with van der Waals surface area (Å²) in [6, 6.07) is 2.26. The van der Waals surface area contributed by atoms with Crippen LogP contribution in [0.3, 0.4) is 0 Å². The van der Waals surface area contributed by atoms with Crippen molar-refractivity contribution in [1.29, 1.82) is 0 Å². The minimum Gasteiger partial charge on any atom is -0.310 e. The predicted octanol–water partition coefficient (Wildman–Crippen LogP) is 1.41. The Hall–Kier alpha value is -1.49. The first-order valence-corrected chi connectivity index (χ1v) is 5.54. The topological polar surface area (TPSA) is 55.1 Å². The number of nitrogens with zero attached hydrogens (tertiary/aromatic N) is 4. The van der Waals surface area contributed by atoms with E-state index in [1.54, 1.807) is 0 Å². The third-order valence-corrected chi connectivity index (χ3v) is 2.79. The molecule has 0 aliphatic rings. The van der Waals surface area contributed by atoms with Gasteiger partial charge in [-0.3, -0.25) is 4.40 Å². The van der Waals surface area contributed by atoms with Gasteiger partial charge >= 0.3 is 0 Å². The summed E-state index contributed by atoms with van der Waals surface area (Å²) in [5.74, 6) is 1.62. The zero-order chi connectivity index (χ0) is 11.7. The predicted molar refractivity (Wildman–Crippen MR) is 62.3 cm³/mol. The minimum atomic E-state index is 0.221. The van der Waals surface area contributed by atoms with Crippen molar-refractivity contribution in [3.05, 3.63) is 23.3 Å². The average Bonchev–Trinajstić information content (AvgIpc) is 2.64. The van der Waals surface area contributed by atoms with Crippen molar-refractivity contribution in [1.82, 2.24) is 24.9 Å². The molecule has 0 aliphatic heterocycles. The summed E-state index contributed by atoms with van der Waals surface area (Å²) in [6.07, 6.45) is 0.977. The van der Waals surface area contributed by atoms with Crippen molar-refractivity contribution < 1.29 is 0 Å². The molecule has 16 heavy (non-hydrogen) atoms. The maximum absolute atomic E-state index is 4.37. The van der Waals surface area contributed by atoms with Crippen molar-refractivity contribution in [2.75, 3.05) is 7.05 Å². The lowest BCUT2D eigenvalue weighted by molar-refractivity contribution is 0.537. The second kappa shape index (κ2) is 4.17. The van der Waals surface area contributed by atoms with E-state index in [1.807, 2.05) is 24.4 Å². The van der Waals surface area contributed by atoms with Crippen LogP contribution in [0.5, 0.6) is 0 Å². The quantitative estimate of drug-likeness (QED) is 0.848. The number of aromatic nitrogens is 4. The van der Waals surface area contributed by atoms with E-state index in [0.717, 1.165) is 23.6 Å². The van der Waals surface area contributed by atoms with Crippen molar-refractivity contribution in [3.63, 3.8) is 0 Å². The highest BCUT2D eigenvalue weighted by molar-refractivity contribution is 5.33. The molecule has 2 aromatic heterocycles. The molecular weight excluding hydrogens is 202 g/mol. The summed E-state index contributed by atoms with van der Waals surface area (Å²) >= 11 is 0. The molecule has 1 unspecified atom stereocenters. The summed E-state index contributed by atoms with van der Waals surface area (Å²) in [6.45, 7) is 6.15. The summed E-state index contributed by atoms with van der Waals surface area (Å²) in [5.41, 5.74) is 2.10. The van der Waals surface area contributed by atoms with Crippen LogP contribution < -0.4 is 5.32 Å². The van der Waals surface area contributed by atoms with Gasteiger partial charge in [-0.05, 0) is 33.4 Å². The lowest BCUT2D eigenvalue weighted by atomic mass is 10.2. The van der Waals surface area contributed by atoms with Crippen molar-refractivity contribution in [3.8, 4) is 0 Å². The molecule has 0 spiro atoms. The van der Waals surface area contributed by atoms with Gasteiger partial charge in [0, 0.05) is 11.4 Å². The maximum Gasteiger partial charge on any atom is 0.255 e. The molecule has 1 atom stereocenters. The van der Waals surface area contributed by atoms with Crippen LogP contribution in [0.25, 0.3) is 5.78 Å². The molecule has 0 bridgehead atoms. The molecule has 5 heteroatoms. The van der Waals surface area contributed by atoms with Crippen LogP contribution >= 0.6 is 0 Å². The Labute approximate surface area is 94.9 Å². The SMILES string of the molecule is CCC(NC)c1nnc2nc(C)cc(C)n12. The summed E-state index contributed by atoms with van der Waals surface area (Å²) in [7, 11) is 1.94. The van der Waals surface area contributed by atoms with Crippen LogP contribution in [-0.2, 0) is 0 Å². The summed E-state index contributed by atoms with van der Waals surface area (Å²) in [5, 5.41) is 11.6. The minimum absolute atomic E-state index is 0.221. The van der Waals surface area contributed by atoms with Crippen LogP contribution in [0.15, 0.2) is 6.07 Å². The van der Waals surface area contributed by atoms with Crippen molar-refractivity contribution in [2.24, 2.45) is 0 Å². The number of hydrogen-bond donors (Lipinski definition) is 1. The lowest BCUT2D eigenvalue weighted by Crippen LogP contribution is -2.19. The highest BCUT2D eigenvalue weighted by Crippen LogP contribution is 2.16. The first-order valence-electron chi connectivity index (χ1n) is 5.54. The van der Waals surface area contributed by atoms with Crippen molar-refractivity contribution in [2.45, 2.75) is 33.2 Å². The molecular formula is C11H17N5. The van der Waals surface area contributed by atoms with Crippen LogP contribution in [0.2, 0.25) is 0 Å². The van der Waals surface area contributed by atoms with Gasteiger partial charge in [-0.1, -0.05) is 6.92 Å². The molecule has 2 heterocycles. The van der Waals surface area contributed by atoms with E-state index in [4.69, 9.17) is 0 Å². The van der Waals surface area contributed by atoms with Gasteiger partial charge < -0.3 is 5.32 Å². The van der Waals surface area contributed by atoms with Gasteiger partial charge in [0.2, 0.25) is 0 Å². The van der Waals surface area contributed by atoms with Gasteiger partial charge in [0.1, 0.15) is 0 Å². The second-order valence-electron chi connectivity index (χ2n) is 3.98. The number of fused-ring (bicyclic) bond motifs is 1. The second-order valence-corrected chi connectivity index (χ2v) is 3.98. The third-order valence-electron chi connectivity index (χ3n) is 2.79. The molecule has 2 rings (SSSR count). The summed E-state index contributed by atoms with van der Waals surface area (Å²) < 4.78 is 2.01. The smallest absolute Gasteiger partial charge is 0.255 e. The average molecular weight is 219 g/mol. The van der Waals surface area contributed by atoms with E-state index in [9.17, 15) is 0 Å². The normalized spacial score (nSPS) is 13.2. The molecule has 0 fully saturated rings. The van der Waals surface area contributed by atoms with Crippen LogP contribution in [0.4, 0.5) is 0 Å². The monoisotopic (exact) mass is 219 g/mol. The third kappa shape index (κ3) is 1.67. The van der Waals surface area contributed by atoms with E-state index in [0.29, 0.717) is 5.78 Å². The van der Waals surface area contributed by atoms with E-state index in [1.165, 1.54) is 0 Å². The molecule has 0 amide bonds. The van der Waals surface area contributed by atoms with E-state index in [-0.39, 0.29) is 6.04 Å². The molecule has 0 saturated carbocycles. The Morgan fingerprint density at radius 2 is 2.12 bits per heavy atom. The molecule has 5 nitrogen and oxygen atoms in total. The molecule has 2 aromatic rings. The fourth-order valence-electron chi connectivity index (χ4n) is 2.00. The molecule has 0 aromatic carbocycles. The van der Waals surface area contributed by atoms with Crippen LogP contribution in [0.1, 0.15) is 36.6 Å².